The van der Waals surface area contributed by atoms with Crippen LogP contribution in [0, 0.1) is 0 Å². The fourth-order valence-electron chi connectivity index (χ4n) is 3.35. The predicted octanol–water partition coefficient (Wildman–Crippen LogP) is 5.66. The second-order valence-electron chi connectivity index (χ2n) is 7.06. The van der Waals surface area contributed by atoms with Gasteiger partial charge in [-0.25, -0.2) is 13.4 Å². The summed E-state index contributed by atoms with van der Waals surface area (Å²) >= 11 is 6.34. The van der Waals surface area contributed by atoms with Gasteiger partial charge in [-0.15, -0.1) is 0 Å². The summed E-state index contributed by atoms with van der Waals surface area (Å²) in [5.41, 5.74) is 3.04. The predicted molar refractivity (Wildman–Crippen MR) is 121 cm³/mol. The Bertz CT molecular complexity index is 1310. The van der Waals surface area contributed by atoms with E-state index >= 15 is 0 Å². The number of benzene rings is 3. The number of nitrogens with zero attached hydrogens (tertiary/aromatic N) is 1. The van der Waals surface area contributed by atoms with E-state index in [1.807, 2.05) is 42.5 Å². The van der Waals surface area contributed by atoms with E-state index in [4.69, 9.17) is 25.7 Å². The highest BCUT2D eigenvalue weighted by Crippen LogP contribution is 2.41. The van der Waals surface area contributed by atoms with Crippen molar-refractivity contribution < 1.29 is 17.6 Å². The van der Waals surface area contributed by atoms with Gasteiger partial charge in [0.1, 0.15) is 11.4 Å². The first-order valence-electron chi connectivity index (χ1n) is 9.54. The van der Waals surface area contributed by atoms with Gasteiger partial charge in [-0.3, -0.25) is 0 Å². The molecule has 0 bridgehead atoms. The van der Waals surface area contributed by atoms with E-state index in [1.165, 1.54) is 6.26 Å². The van der Waals surface area contributed by atoms with E-state index in [9.17, 15) is 8.42 Å². The van der Waals surface area contributed by atoms with Crippen LogP contribution in [0.15, 0.2) is 82.1 Å². The Morgan fingerprint density at radius 1 is 0.968 bits per heavy atom. The molecule has 7 heteroatoms. The lowest BCUT2D eigenvalue weighted by atomic mass is 10.0. The van der Waals surface area contributed by atoms with Crippen LogP contribution in [0.1, 0.15) is 11.5 Å². The van der Waals surface area contributed by atoms with Gasteiger partial charge in [0.05, 0.1) is 17.0 Å². The van der Waals surface area contributed by atoms with Crippen molar-refractivity contribution in [2.45, 2.75) is 11.3 Å². The van der Waals surface area contributed by atoms with Crippen molar-refractivity contribution in [2.24, 2.45) is 0 Å². The molecule has 0 aliphatic heterocycles. The van der Waals surface area contributed by atoms with Gasteiger partial charge >= 0.3 is 0 Å². The van der Waals surface area contributed by atoms with E-state index in [2.05, 4.69) is 0 Å². The number of hydrogen-bond donors (Lipinski definition) is 0. The van der Waals surface area contributed by atoms with E-state index in [0.717, 1.165) is 5.56 Å². The summed E-state index contributed by atoms with van der Waals surface area (Å²) in [6.45, 7) is 0. The van der Waals surface area contributed by atoms with Crippen LogP contribution in [0.3, 0.4) is 0 Å². The zero-order chi connectivity index (χ0) is 22.0. The fraction of sp³-hybridized carbons (Fsp3) is 0.125. The number of oxazole rings is 1. The first-order valence-corrected chi connectivity index (χ1v) is 11.8. The van der Waals surface area contributed by atoms with Crippen molar-refractivity contribution in [2.75, 3.05) is 13.4 Å². The summed E-state index contributed by atoms with van der Waals surface area (Å²) in [5, 5.41) is 0.464. The number of methoxy groups -OCH3 is 1. The third-order valence-corrected chi connectivity index (χ3v) is 6.27. The minimum atomic E-state index is -3.30. The Labute approximate surface area is 186 Å². The van der Waals surface area contributed by atoms with E-state index in [-0.39, 0.29) is 4.90 Å². The highest BCUT2D eigenvalue weighted by Gasteiger charge is 2.22. The third kappa shape index (κ3) is 4.50. The average molecular weight is 454 g/mol. The smallest absolute Gasteiger partial charge is 0.199 e. The SMILES string of the molecule is COc1c(Cl)cccc1-c1nc(Cc2ccccc2)oc1-c1ccc(S(C)(=O)=O)cc1. The zero-order valence-electron chi connectivity index (χ0n) is 17.0. The van der Waals surface area contributed by atoms with Gasteiger partial charge in [0.25, 0.3) is 0 Å². The van der Waals surface area contributed by atoms with Crippen LogP contribution < -0.4 is 4.74 Å². The maximum absolute atomic E-state index is 11.8. The van der Waals surface area contributed by atoms with Crippen LogP contribution in [0.2, 0.25) is 5.02 Å². The van der Waals surface area contributed by atoms with Crippen LogP contribution in [0.25, 0.3) is 22.6 Å². The Balaban J connectivity index is 1.86. The third-order valence-electron chi connectivity index (χ3n) is 4.84. The van der Waals surface area contributed by atoms with Crippen molar-refractivity contribution in [3.8, 4) is 28.3 Å². The molecule has 1 aromatic heterocycles. The molecule has 0 saturated carbocycles. The number of hydrogen-bond acceptors (Lipinski definition) is 5. The van der Waals surface area contributed by atoms with Gasteiger partial charge in [-0.05, 0) is 42.0 Å². The fourth-order valence-corrected chi connectivity index (χ4v) is 4.23. The van der Waals surface area contributed by atoms with Crippen molar-refractivity contribution >= 4 is 21.4 Å². The number of ether oxygens (including phenoxy) is 1. The van der Waals surface area contributed by atoms with Crippen molar-refractivity contribution in [1.29, 1.82) is 0 Å². The molecule has 4 aromatic rings. The Morgan fingerprint density at radius 3 is 2.32 bits per heavy atom. The lowest BCUT2D eigenvalue weighted by molar-refractivity contribution is 0.416. The van der Waals surface area contributed by atoms with Gasteiger partial charge in [0, 0.05) is 23.8 Å². The van der Waals surface area contributed by atoms with E-state index < -0.39 is 9.84 Å². The van der Waals surface area contributed by atoms with Crippen LogP contribution in [-0.2, 0) is 16.3 Å². The molecule has 0 amide bonds. The van der Waals surface area contributed by atoms with Crippen molar-refractivity contribution in [3.05, 3.63) is 89.3 Å². The molecule has 0 unspecified atom stereocenters. The monoisotopic (exact) mass is 453 g/mol. The second-order valence-corrected chi connectivity index (χ2v) is 9.49. The first kappa shape index (κ1) is 21.2. The lowest BCUT2D eigenvalue weighted by Gasteiger charge is -2.09. The summed E-state index contributed by atoms with van der Waals surface area (Å²) in [5.74, 6) is 1.55. The molecule has 0 aliphatic carbocycles. The quantitative estimate of drug-likeness (QED) is 0.376. The number of halogens is 1. The van der Waals surface area contributed by atoms with E-state index in [0.29, 0.717) is 45.7 Å². The summed E-state index contributed by atoms with van der Waals surface area (Å²) in [6.07, 6.45) is 1.69. The Hall–Kier alpha value is -3.09. The molecule has 0 fully saturated rings. The molecule has 0 aliphatic rings. The molecular formula is C24H20ClNO4S. The molecule has 0 atom stereocenters. The number of rotatable bonds is 6. The van der Waals surface area contributed by atoms with E-state index in [1.54, 1.807) is 37.4 Å². The maximum Gasteiger partial charge on any atom is 0.199 e. The molecule has 1 heterocycles. The van der Waals surface area contributed by atoms with Gasteiger partial charge in [0.2, 0.25) is 0 Å². The minimum absolute atomic E-state index is 0.238. The van der Waals surface area contributed by atoms with Gasteiger partial charge in [-0.1, -0.05) is 48.0 Å². The summed E-state index contributed by atoms with van der Waals surface area (Å²) in [4.78, 5) is 4.99. The summed E-state index contributed by atoms with van der Waals surface area (Å²) in [7, 11) is -1.75. The van der Waals surface area contributed by atoms with Crippen LogP contribution in [0.5, 0.6) is 5.75 Å². The molecule has 0 saturated heterocycles. The number of sulfone groups is 1. The second kappa shape index (κ2) is 8.57. The normalized spacial score (nSPS) is 11.5. The van der Waals surface area contributed by atoms with Gasteiger partial charge in [0.15, 0.2) is 21.5 Å². The summed E-state index contributed by atoms with van der Waals surface area (Å²) in [6, 6.07) is 21.9. The molecule has 0 N–H and O–H groups in total. The highest BCUT2D eigenvalue weighted by atomic mass is 35.5. The van der Waals surface area contributed by atoms with Gasteiger partial charge < -0.3 is 9.15 Å². The zero-order valence-corrected chi connectivity index (χ0v) is 18.6. The minimum Gasteiger partial charge on any atom is -0.494 e. The molecule has 0 radical (unpaired) electrons. The Kier molecular flexibility index (Phi) is 5.85. The molecule has 158 valence electrons. The molecular weight excluding hydrogens is 434 g/mol. The summed E-state index contributed by atoms with van der Waals surface area (Å²) < 4.78 is 35.3. The molecule has 3 aromatic carbocycles. The average Bonchev–Trinajstić information content (AvgIpc) is 3.17. The van der Waals surface area contributed by atoms with Crippen LogP contribution >= 0.6 is 11.6 Å². The van der Waals surface area contributed by atoms with Crippen molar-refractivity contribution in [3.63, 3.8) is 0 Å². The lowest BCUT2D eigenvalue weighted by Crippen LogP contribution is -1.96. The number of aromatic nitrogens is 1. The topological polar surface area (TPSA) is 69.4 Å². The van der Waals surface area contributed by atoms with Crippen LogP contribution in [-0.4, -0.2) is 26.8 Å². The standard InChI is InChI=1S/C24H20ClNO4S/c1-29-24-19(9-6-10-20(24)25)22-23(17-11-13-18(14-12-17)31(2,27)28)30-21(26-22)15-16-7-4-3-5-8-16/h3-14H,15H2,1-2H3. The number of para-hydroxylation sites is 1. The van der Waals surface area contributed by atoms with Crippen molar-refractivity contribution in [1.82, 2.24) is 4.98 Å². The molecule has 0 spiro atoms. The van der Waals surface area contributed by atoms with Gasteiger partial charge in [-0.2, -0.15) is 0 Å². The molecule has 31 heavy (non-hydrogen) atoms. The molecule has 5 nitrogen and oxygen atoms in total. The highest BCUT2D eigenvalue weighted by molar-refractivity contribution is 7.90. The van der Waals surface area contributed by atoms with Crippen LogP contribution in [0.4, 0.5) is 0 Å². The maximum atomic E-state index is 11.8. The largest absolute Gasteiger partial charge is 0.494 e. The molecule has 4 rings (SSSR count). The first-order chi connectivity index (χ1) is 14.9. The Morgan fingerprint density at radius 2 is 1.68 bits per heavy atom.